The maximum atomic E-state index is 12.6. The normalized spacial score (nSPS) is 17.0. The molecule has 0 atom stereocenters. The molecule has 0 bridgehead atoms. The van der Waals surface area contributed by atoms with E-state index in [0.717, 1.165) is 30.1 Å². The highest BCUT2D eigenvalue weighted by molar-refractivity contribution is 4.92. The highest BCUT2D eigenvalue weighted by atomic mass is 19.3. The van der Waals surface area contributed by atoms with Crippen LogP contribution in [0.25, 0.3) is 0 Å². The van der Waals surface area contributed by atoms with E-state index in [-0.39, 0.29) is 0 Å². The van der Waals surface area contributed by atoms with Gasteiger partial charge in [-0.05, 0) is 39.4 Å². The van der Waals surface area contributed by atoms with E-state index in [2.05, 4.69) is 22.2 Å². The summed E-state index contributed by atoms with van der Waals surface area (Å²) in [5.41, 5.74) is 0. The molecule has 1 fully saturated rings. The fourth-order valence-corrected chi connectivity index (χ4v) is 3.02. The van der Waals surface area contributed by atoms with Crippen LogP contribution in [-0.4, -0.2) is 40.6 Å². The summed E-state index contributed by atoms with van der Waals surface area (Å²) in [5.74, 6) is 0.394. The lowest BCUT2D eigenvalue weighted by molar-refractivity contribution is 0.0666. The number of hydrogen-bond donors (Lipinski definition) is 1. The third-order valence-electron chi connectivity index (χ3n) is 4.30. The van der Waals surface area contributed by atoms with Crippen molar-refractivity contribution >= 4 is 0 Å². The Morgan fingerprint density at radius 2 is 2.14 bits per heavy atom. The lowest BCUT2D eigenvalue weighted by Crippen LogP contribution is -2.35. The Labute approximate surface area is 125 Å². The first kappa shape index (κ1) is 16.4. The fraction of sp³-hybridized carbons (Fsp3) is 0.800. The minimum atomic E-state index is -2.51. The zero-order valence-electron chi connectivity index (χ0n) is 12.8. The van der Waals surface area contributed by atoms with E-state index in [4.69, 9.17) is 0 Å². The molecule has 1 heterocycles. The lowest BCUT2D eigenvalue weighted by atomic mass is 9.94. The van der Waals surface area contributed by atoms with Gasteiger partial charge in [-0.1, -0.05) is 19.3 Å². The summed E-state index contributed by atoms with van der Waals surface area (Å²) in [7, 11) is 2.19. The highest BCUT2D eigenvalue weighted by Crippen LogP contribution is 2.21. The van der Waals surface area contributed by atoms with Gasteiger partial charge in [-0.25, -0.2) is 4.98 Å². The Hall–Kier alpha value is -1.01. The summed E-state index contributed by atoms with van der Waals surface area (Å²) in [6.07, 6.45) is 10.5. The van der Waals surface area contributed by atoms with Gasteiger partial charge in [-0.3, -0.25) is 4.57 Å². The SMILES string of the molecule is CN(CCCNCc1nccn1C(F)F)C1CCCCC1. The average Bonchev–Trinajstić information content (AvgIpc) is 2.96. The van der Waals surface area contributed by atoms with Crippen LogP contribution in [-0.2, 0) is 6.54 Å². The summed E-state index contributed by atoms with van der Waals surface area (Å²) in [6.45, 7) is -0.236. The Morgan fingerprint density at radius 3 is 2.86 bits per heavy atom. The maximum Gasteiger partial charge on any atom is 0.319 e. The monoisotopic (exact) mass is 300 g/mol. The molecule has 1 aliphatic carbocycles. The highest BCUT2D eigenvalue weighted by Gasteiger charge is 2.17. The van der Waals surface area contributed by atoms with Crippen molar-refractivity contribution in [1.82, 2.24) is 19.8 Å². The number of rotatable bonds is 8. The molecule has 2 rings (SSSR count). The Kier molecular flexibility index (Phi) is 6.57. The first-order valence-corrected chi connectivity index (χ1v) is 7.89. The van der Waals surface area contributed by atoms with Crippen molar-refractivity contribution in [3.8, 4) is 0 Å². The second-order valence-corrected chi connectivity index (χ2v) is 5.83. The lowest BCUT2D eigenvalue weighted by Gasteiger charge is -2.31. The van der Waals surface area contributed by atoms with Crippen LogP contribution in [0.5, 0.6) is 0 Å². The zero-order chi connectivity index (χ0) is 15.1. The second-order valence-electron chi connectivity index (χ2n) is 5.83. The quantitative estimate of drug-likeness (QED) is 0.749. The van der Waals surface area contributed by atoms with Crippen molar-refractivity contribution in [2.24, 2.45) is 0 Å². The molecule has 1 aliphatic rings. The minimum absolute atomic E-state index is 0.393. The van der Waals surface area contributed by atoms with Crippen LogP contribution in [0.4, 0.5) is 8.78 Å². The van der Waals surface area contributed by atoms with Gasteiger partial charge in [0, 0.05) is 18.4 Å². The molecule has 6 heteroatoms. The van der Waals surface area contributed by atoms with Crippen molar-refractivity contribution < 1.29 is 8.78 Å². The summed E-state index contributed by atoms with van der Waals surface area (Å²) in [4.78, 5) is 6.40. The van der Waals surface area contributed by atoms with E-state index in [1.807, 2.05) is 0 Å². The molecule has 120 valence electrons. The molecule has 0 amide bonds. The van der Waals surface area contributed by atoms with Crippen LogP contribution >= 0.6 is 0 Å². The van der Waals surface area contributed by atoms with Gasteiger partial charge in [0.1, 0.15) is 5.82 Å². The van der Waals surface area contributed by atoms with Gasteiger partial charge in [0.05, 0.1) is 6.54 Å². The van der Waals surface area contributed by atoms with Crippen LogP contribution in [0.2, 0.25) is 0 Å². The third-order valence-corrected chi connectivity index (χ3v) is 4.30. The Morgan fingerprint density at radius 1 is 1.38 bits per heavy atom. The van der Waals surface area contributed by atoms with E-state index in [1.54, 1.807) is 0 Å². The fourth-order valence-electron chi connectivity index (χ4n) is 3.02. The molecule has 0 unspecified atom stereocenters. The topological polar surface area (TPSA) is 33.1 Å². The number of hydrogen-bond acceptors (Lipinski definition) is 3. The number of nitrogens with one attached hydrogen (secondary N) is 1. The maximum absolute atomic E-state index is 12.6. The van der Waals surface area contributed by atoms with Crippen molar-refractivity contribution in [3.63, 3.8) is 0 Å². The van der Waals surface area contributed by atoms with Gasteiger partial charge in [-0.2, -0.15) is 8.78 Å². The molecule has 4 nitrogen and oxygen atoms in total. The van der Waals surface area contributed by atoms with Gasteiger partial charge in [0.15, 0.2) is 0 Å². The van der Waals surface area contributed by atoms with Crippen molar-refractivity contribution in [3.05, 3.63) is 18.2 Å². The number of imidazole rings is 1. The van der Waals surface area contributed by atoms with Gasteiger partial charge < -0.3 is 10.2 Å². The first-order valence-electron chi connectivity index (χ1n) is 7.89. The molecule has 0 radical (unpaired) electrons. The predicted octanol–water partition coefficient (Wildman–Crippen LogP) is 3.02. The molecular weight excluding hydrogens is 274 g/mol. The molecule has 21 heavy (non-hydrogen) atoms. The van der Waals surface area contributed by atoms with Gasteiger partial charge in [-0.15, -0.1) is 0 Å². The minimum Gasteiger partial charge on any atom is -0.310 e. The van der Waals surface area contributed by atoms with E-state index in [9.17, 15) is 8.78 Å². The number of nitrogens with zero attached hydrogens (tertiary/aromatic N) is 3. The molecule has 1 N–H and O–H groups in total. The van der Waals surface area contributed by atoms with Crippen LogP contribution in [0.3, 0.4) is 0 Å². The van der Waals surface area contributed by atoms with Crippen LogP contribution in [0.15, 0.2) is 12.4 Å². The van der Waals surface area contributed by atoms with E-state index in [1.165, 1.54) is 44.5 Å². The van der Waals surface area contributed by atoms with E-state index >= 15 is 0 Å². The summed E-state index contributed by atoms with van der Waals surface area (Å²) >= 11 is 0. The summed E-state index contributed by atoms with van der Waals surface area (Å²) < 4.78 is 26.2. The van der Waals surface area contributed by atoms with Crippen LogP contribution in [0, 0.1) is 0 Å². The molecule has 0 saturated heterocycles. The molecule has 0 spiro atoms. The average molecular weight is 300 g/mol. The molecule has 0 aromatic carbocycles. The third kappa shape index (κ3) is 5.04. The molecule has 1 saturated carbocycles. The standard InChI is InChI=1S/C15H26F2N4/c1-20(13-6-3-2-4-7-13)10-5-8-18-12-14-19-9-11-21(14)15(16)17/h9,11,13,15,18H,2-8,10,12H2,1H3. The first-order chi connectivity index (χ1) is 10.2. The van der Waals surface area contributed by atoms with Crippen molar-refractivity contribution in [2.45, 2.75) is 57.7 Å². The van der Waals surface area contributed by atoms with Crippen molar-refractivity contribution in [2.75, 3.05) is 20.1 Å². The Balaban J connectivity index is 1.60. The summed E-state index contributed by atoms with van der Waals surface area (Å²) in [6, 6.07) is 0.733. The zero-order valence-corrected chi connectivity index (χ0v) is 12.8. The largest absolute Gasteiger partial charge is 0.319 e. The van der Waals surface area contributed by atoms with Gasteiger partial charge >= 0.3 is 6.55 Å². The van der Waals surface area contributed by atoms with Crippen LogP contribution < -0.4 is 5.32 Å². The second kappa shape index (κ2) is 8.44. The molecule has 1 aromatic rings. The van der Waals surface area contributed by atoms with Crippen LogP contribution in [0.1, 0.15) is 50.9 Å². The molecular formula is C15H26F2N4. The Bertz CT molecular complexity index is 402. The van der Waals surface area contributed by atoms with Crippen molar-refractivity contribution in [1.29, 1.82) is 0 Å². The smallest absolute Gasteiger partial charge is 0.310 e. The molecule has 1 aromatic heterocycles. The number of alkyl halides is 2. The van der Waals surface area contributed by atoms with Gasteiger partial charge in [0.25, 0.3) is 0 Å². The number of aromatic nitrogens is 2. The predicted molar refractivity (Wildman–Crippen MR) is 79.3 cm³/mol. The van der Waals surface area contributed by atoms with E-state index < -0.39 is 6.55 Å². The number of halogens is 2. The van der Waals surface area contributed by atoms with E-state index in [0.29, 0.717) is 12.4 Å². The molecule has 0 aliphatic heterocycles. The summed E-state index contributed by atoms with van der Waals surface area (Å²) in [5, 5.41) is 3.20. The van der Waals surface area contributed by atoms with Gasteiger partial charge in [0.2, 0.25) is 0 Å².